The third kappa shape index (κ3) is 441000. The van der Waals surface area contributed by atoms with Crippen LogP contribution < -0.4 is 0 Å². The van der Waals surface area contributed by atoms with Crippen LogP contribution >= 0.6 is 0 Å². The predicted octanol–water partition coefficient (Wildman–Crippen LogP) is 5.20. The van der Waals surface area contributed by atoms with Crippen molar-refractivity contribution in [3.8, 4) is 0 Å². The van der Waals surface area contributed by atoms with E-state index in [9.17, 15) is 69.1 Å². The summed E-state index contributed by atoms with van der Waals surface area (Å²) in [5.41, 5.74) is 0. The average Bonchev–Trinajstić information content (AvgIpc) is 1.62. The van der Waals surface area contributed by atoms with E-state index in [1.165, 1.54) is 0 Å². The molecule has 0 heterocycles. The molecule has 0 amide bonds. The van der Waals surface area contributed by atoms with E-state index in [-0.39, 0.29) is 22.4 Å². The van der Waals surface area contributed by atoms with Crippen molar-refractivity contribution in [3.63, 3.8) is 0 Å². The molecule has 0 aromatic rings. The minimum Gasteiger partial charge on any atom is -0.418 e. The molecule has 0 atom stereocenters. The van der Waals surface area contributed by atoms with E-state index in [4.69, 9.17) is 0 Å². The van der Waals surface area contributed by atoms with Crippen molar-refractivity contribution in [1.29, 1.82) is 0 Å². The Morgan fingerprint density at radius 1 is 0.238 bits per heavy atom. The van der Waals surface area contributed by atoms with Crippen LogP contribution in [0.4, 0.5) is 69.1 Å². The van der Waals surface area contributed by atoms with E-state index in [0.29, 0.717) is 0 Å². The van der Waals surface area contributed by atoms with Gasteiger partial charge in [-0.05, 0) is 0 Å². The van der Waals surface area contributed by atoms with Crippen LogP contribution in [0.25, 0.3) is 0 Å². The Morgan fingerprint density at radius 3 is 0.238 bits per heavy atom. The molecule has 21 heteroatoms. The second-order valence-corrected chi connectivity index (χ2v) is 1.98. The molecule has 0 aliphatic carbocycles. The fourth-order valence-corrected chi connectivity index (χ4v) is 0. The first-order valence-corrected chi connectivity index (χ1v) is 3.49. The monoisotopic (exact) mass is 455 g/mol. The number of hydrogen-bond acceptors (Lipinski definition) is 0. The minimum atomic E-state index is -6.00. The van der Waals surface area contributed by atoms with Gasteiger partial charge in [-0.3, -0.25) is 0 Å². The third-order valence-electron chi connectivity index (χ3n) is 0. The molecule has 0 aliphatic heterocycles. The Balaban J connectivity index is -0.0000000533. The van der Waals surface area contributed by atoms with Crippen LogP contribution in [0.1, 0.15) is 0 Å². The zero-order chi connectivity index (χ0) is 18.0. The van der Waals surface area contributed by atoms with Crippen LogP contribution in [0.15, 0.2) is 0 Å². The van der Waals surface area contributed by atoms with Crippen LogP contribution in [-0.4, -0.2) is 29.0 Å². The molecule has 0 rings (SSSR count). The molecule has 0 unspecified atom stereocenters. The first-order chi connectivity index (χ1) is 8.00. The SMILES string of the molecule is F[B-](F)(F)F.F[B-](F)(F)F.F[B-](F)(F)F.F[B-](F)(F)F.[Ag]. The van der Waals surface area contributed by atoms with Gasteiger partial charge in [0, 0.05) is 22.4 Å². The predicted molar refractivity (Wildman–Crippen MR) is 40.7 cm³/mol. The molecule has 0 aliphatic rings. The molecule has 139 valence electrons. The van der Waals surface area contributed by atoms with Gasteiger partial charge in [0.25, 0.3) is 0 Å². The van der Waals surface area contributed by atoms with E-state index in [0.717, 1.165) is 0 Å². The van der Waals surface area contributed by atoms with E-state index < -0.39 is 29.0 Å². The standard InChI is InChI=1S/Ag.4BF4/c;4*2-1(3,4)5/q;4*-1. The zero-order valence-electron chi connectivity index (χ0n) is 8.66. The van der Waals surface area contributed by atoms with E-state index in [2.05, 4.69) is 0 Å². The number of halogens is 16. The Hall–Kier alpha value is -0.120. The van der Waals surface area contributed by atoms with Crippen molar-refractivity contribution in [2.24, 2.45) is 0 Å². The molecule has 0 spiro atoms. The van der Waals surface area contributed by atoms with Crippen LogP contribution in [0.5, 0.6) is 0 Å². The summed E-state index contributed by atoms with van der Waals surface area (Å²) < 4.78 is 156. The second kappa shape index (κ2) is 12.4. The van der Waals surface area contributed by atoms with Crippen molar-refractivity contribution in [1.82, 2.24) is 0 Å². The summed E-state index contributed by atoms with van der Waals surface area (Å²) in [4.78, 5) is 0. The molecule has 0 saturated heterocycles. The van der Waals surface area contributed by atoms with E-state index >= 15 is 0 Å². The molecular formula is AgB4F16-4. The maximum atomic E-state index is 9.75. The van der Waals surface area contributed by atoms with Crippen molar-refractivity contribution in [3.05, 3.63) is 0 Å². The molecule has 0 nitrogen and oxygen atoms in total. The van der Waals surface area contributed by atoms with E-state index in [1.807, 2.05) is 0 Å². The van der Waals surface area contributed by atoms with Crippen LogP contribution in [0.2, 0.25) is 0 Å². The molecule has 0 aromatic heterocycles. The number of hydrogen-bond donors (Lipinski definition) is 0. The Labute approximate surface area is 121 Å². The van der Waals surface area contributed by atoms with Crippen molar-refractivity contribution < 1.29 is 91.4 Å². The van der Waals surface area contributed by atoms with Crippen molar-refractivity contribution >= 4 is 29.0 Å². The van der Waals surface area contributed by atoms with Crippen molar-refractivity contribution in [2.45, 2.75) is 0 Å². The van der Waals surface area contributed by atoms with Gasteiger partial charge in [0.05, 0.1) is 0 Å². The molecule has 0 N–H and O–H groups in total. The van der Waals surface area contributed by atoms with Gasteiger partial charge in [0.15, 0.2) is 0 Å². The van der Waals surface area contributed by atoms with Gasteiger partial charge in [-0.25, -0.2) is 0 Å². The third-order valence-corrected chi connectivity index (χ3v) is 0. The second-order valence-electron chi connectivity index (χ2n) is 1.98. The molecule has 0 aromatic carbocycles. The maximum absolute atomic E-state index is 9.75. The van der Waals surface area contributed by atoms with Crippen LogP contribution in [-0.2, 0) is 22.4 Å². The van der Waals surface area contributed by atoms with Crippen LogP contribution in [0, 0.1) is 0 Å². The van der Waals surface area contributed by atoms with Gasteiger partial charge in [-0.2, -0.15) is 0 Å². The van der Waals surface area contributed by atoms with Gasteiger partial charge in [-0.1, -0.05) is 0 Å². The summed E-state index contributed by atoms with van der Waals surface area (Å²) in [5, 5.41) is 0. The van der Waals surface area contributed by atoms with Gasteiger partial charge in [0.1, 0.15) is 0 Å². The first-order valence-electron chi connectivity index (χ1n) is 3.49. The topological polar surface area (TPSA) is 0 Å². The van der Waals surface area contributed by atoms with Gasteiger partial charge in [-0.15, -0.1) is 0 Å². The zero-order valence-corrected chi connectivity index (χ0v) is 10.1. The quantitative estimate of drug-likeness (QED) is 0.348. The smallest absolute Gasteiger partial charge is 0.418 e. The average molecular weight is 455 g/mol. The summed E-state index contributed by atoms with van der Waals surface area (Å²) >= 11 is 0. The minimum absolute atomic E-state index is 0. The van der Waals surface area contributed by atoms with E-state index in [1.54, 1.807) is 0 Å². The fourth-order valence-electron chi connectivity index (χ4n) is 0. The van der Waals surface area contributed by atoms with Gasteiger partial charge in [0.2, 0.25) is 0 Å². The fraction of sp³-hybridized carbons (Fsp3) is 0. The van der Waals surface area contributed by atoms with Crippen molar-refractivity contribution in [2.75, 3.05) is 0 Å². The molecule has 21 heavy (non-hydrogen) atoms. The summed E-state index contributed by atoms with van der Waals surface area (Å²) in [7, 11) is -24.0. The molecular weight excluding hydrogens is 455 g/mol. The largest absolute Gasteiger partial charge is 0.673 e. The number of rotatable bonds is 0. The summed E-state index contributed by atoms with van der Waals surface area (Å²) in [6.07, 6.45) is 0. The van der Waals surface area contributed by atoms with Crippen LogP contribution in [0.3, 0.4) is 0 Å². The summed E-state index contributed by atoms with van der Waals surface area (Å²) in [5.74, 6) is 0. The Morgan fingerprint density at radius 2 is 0.238 bits per heavy atom. The molecule has 0 saturated carbocycles. The Kier molecular flexibility index (Phi) is 19.4. The molecule has 0 fully saturated rings. The molecule has 1 radical (unpaired) electrons. The Bertz CT molecular complexity index is 130. The van der Waals surface area contributed by atoms with Gasteiger partial charge >= 0.3 is 29.0 Å². The summed E-state index contributed by atoms with van der Waals surface area (Å²) in [6.45, 7) is 0. The van der Waals surface area contributed by atoms with Gasteiger partial charge < -0.3 is 69.1 Å². The molecule has 0 bridgehead atoms. The normalized spacial score (nSPS) is 11.4. The maximum Gasteiger partial charge on any atom is 0.673 e. The first kappa shape index (κ1) is 32.7. The summed E-state index contributed by atoms with van der Waals surface area (Å²) in [6, 6.07) is 0.